The summed E-state index contributed by atoms with van der Waals surface area (Å²) in [7, 11) is 1.87. The molecule has 0 fully saturated rings. The fourth-order valence-corrected chi connectivity index (χ4v) is 1.31. The average molecular weight is 184 g/mol. The van der Waals surface area contributed by atoms with Crippen LogP contribution in [-0.2, 0) is 6.54 Å². The van der Waals surface area contributed by atoms with Gasteiger partial charge in [-0.25, -0.2) is 9.97 Å². The third-order valence-electron chi connectivity index (χ3n) is 1.34. The van der Waals surface area contributed by atoms with Gasteiger partial charge in [-0.05, 0) is 19.4 Å². The Morgan fingerprint density at radius 3 is 2.92 bits per heavy atom. The van der Waals surface area contributed by atoms with E-state index in [1.807, 2.05) is 19.4 Å². The van der Waals surface area contributed by atoms with Crippen molar-refractivity contribution in [3.63, 3.8) is 0 Å². The maximum atomic E-state index is 5.50. The van der Waals surface area contributed by atoms with Gasteiger partial charge in [-0.2, -0.15) is 0 Å². The lowest BCUT2D eigenvalue weighted by molar-refractivity contribution is 0.781. The highest BCUT2D eigenvalue weighted by atomic mass is 32.2. The van der Waals surface area contributed by atoms with Crippen molar-refractivity contribution in [3.05, 3.63) is 11.8 Å². The molecule has 0 aromatic carbocycles. The molecule has 66 valence electrons. The Hall–Kier alpha value is -0.810. The zero-order valence-corrected chi connectivity index (χ0v) is 7.98. The monoisotopic (exact) mass is 184 g/mol. The van der Waals surface area contributed by atoms with E-state index in [1.54, 1.807) is 11.8 Å². The number of rotatable bonds is 3. The molecule has 12 heavy (non-hydrogen) atoms. The van der Waals surface area contributed by atoms with Crippen molar-refractivity contribution in [3.8, 4) is 0 Å². The van der Waals surface area contributed by atoms with Crippen molar-refractivity contribution >= 4 is 17.7 Å². The van der Waals surface area contributed by atoms with Crippen LogP contribution in [0.5, 0.6) is 0 Å². The number of nitrogens with two attached hydrogens (primary N) is 1. The molecule has 0 aliphatic carbocycles. The van der Waals surface area contributed by atoms with Crippen LogP contribution in [0, 0.1) is 0 Å². The SMILES string of the molecule is CNCc1cc(SC)nc(N)n1. The van der Waals surface area contributed by atoms with E-state index in [0.717, 1.165) is 17.3 Å². The summed E-state index contributed by atoms with van der Waals surface area (Å²) in [4.78, 5) is 8.10. The molecule has 0 saturated carbocycles. The van der Waals surface area contributed by atoms with Gasteiger partial charge in [0, 0.05) is 6.54 Å². The van der Waals surface area contributed by atoms with Gasteiger partial charge in [-0.3, -0.25) is 0 Å². The molecule has 0 atom stereocenters. The summed E-state index contributed by atoms with van der Waals surface area (Å²) < 4.78 is 0. The summed E-state index contributed by atoms with van der Waals surface area (Å²) in [5.74, 6) is 0.340. The van der Waals surface area contributed by atoms with E-state index in [1.165, 1.54) is 0 Å². The summed E-state index contributed by atoms with van der Waals surface area (Å²) in [6.07, 6.45) is 1.96. The van der Waals surface area contributed by atoms with Gasteiger partial charge in [0.15, 0.2) is 0 Å². The summed E-state index contributed by atoms with van der Waals surface area (Å²) in [6, 6.07) is 1.93. The van der Waals surface area contributed by atoms with E-state index in [0.29, 0.717) is 5.95 Å². The van der Waals surface area contributed by atoms with E-state index < -0.39 is 0 Å². The Morgan fingerprint density at radius 2 is 2.33 bits per heavy atom. The van der Waals surface area contributed by atoms with Crippen LogP contribution in [-0.4, -0.2) is 23.3 Å². The molecule has 0 spiro atoms. The third kappa shape index (κ3) is 2.35. The van der Waals surface area contributed by atoms with Gasteiger partial charge < -0.3 is 11.1 Å². The number of nitrogen functional groups attached to an aromatic ring is 1. The molecule has 0 aliphatic heterocycles. The van der Waals surface area contributed by atoms with Crippen LogP contribution in [0.15, 0.2) is 11.1 Å². The van der Waals surface area contributed by atoms with Crippen molar-refractivity contribution in [1.29, 1.82) is 0 Å². The highest BCUT2D eigenvalue weighted by molar-refractivity contribution is 7.98. The van der Waals surface area contributed by atoms with Crippen molar-refractivity contribution in [2.45, 2.75) is 11.6 Å². The molecular formula is C7H12N4S. The topological polar surface area (TPSA) is 63.8 Å². The molecule has 3 N–H and O–H groups in total. The molecule has 0 bridgehead atoms. The largest absolute Gasteiger partial charge is 0.368 e. The number of hydrogen-bond donors (Lipinski definition) is 2. The lowest BCUT2D eigenvalue weighted by atomic mass is 10.4. The highest BCUT2D eigenvalue weighted by Gasteiger charge is 1.99. The Bertz CT molecular complexity index is 264. The van der Waals surface area contributed by atoms with Gasteiger partial charge in [0.1, 0.15) is 5.03 Å². The second-order valence-corrected chi connectivity index (χ2v) is 3.12. The van der Waals surface area contributed by atoms with Gasteiger partial charge in [-0.15, -0.1) is 11.8 Å². The predicted octanol–water partition coefficient (Wildman–Crippen LogP) is 0.500. The number of nitrogens with one attached hydrogen (secondary N) is 1. The molecule has 0 radical (unpaired) electrons. The fourth-order valence-electron chi connectivity index (χ4n) is 0.868. The molecule has 0 unspecified atom stereocenters. The van der Waals surface area contributed by atoms with Gasteiger partial charge in [0.05, 0.1) is 5.69 Å². The van der Waals surface area contributed by atoms with Crippen molar-refractivity contribution in [1.82, 2.24) is 15.3 Å². The van der Waals surface area contributed by atoms with Crippen molar-refractivity contribution < 1.29 is 0 Å². The van der Waals surface area contributed by atoms with Gasteiger partial charge in [-0.1, -0.05) is 0 Å². The molecular weight excluding hydrogens is 172 g/mol. The minimum Gasteiger partial charge on any atom is -0.368 e. The van der Waals surface area contributed by atoms with Crippen molar-refractivity contribution in [2.24, 2.45) is 0 Å². The van der Waals surface area contributed by atoms with E-state index >= 15 is 0 Å². The maximum Gasteiger partial charge on any atom is 0.221 e. The standard InChI is InChI=1S/C7H12N4S/c1-9-4-5-3-6(12-2)11-7(8)10-5/h3,9H,4H2,1-2H3,(H2,8,10,11). The summed E-state index contributed by atoms with van der Waals surface area (Å²) >= 11 is 1.56. The normalized spacial score (nSPS) is 10.2. The van der Waals surface area contributed by atoms with Crippen LogP contribution in [0.3, 0.4) is 0 Å². The maximum absolute atomic E-state index is 5.50. The van der Waals surface area contributed by atoms with Crippen LogP contribution in [0.1, 0.15) is 5.69 Å². The van der Waals surface area contributed by atoms with Gasteiger partial charge in [0.2, 0.25) is 5.95 Å². The number of aromatic nitrogens is 2. The third-order valence-corrected chi connectivity index (χ3v) is 1.97. The van der Waals surface area contributed by atoms with Crippen molar-refractivity contribution in [2.75, 3.05) is 19.0 Å². The number of hydrogen-bond acceptors (Lipinski definition) is 5. The minimum absolute atomic E-state index is 0.340. The summed E-state index contributed by atoms with van der Waals surface area (Å²) in [6.45, 7) is 0.722. The molecule has 0 amide bonds. The molecule has 1 rings (SSSR count). The lowest BCUT2D eigenvalue weighted by Gasteiger charge is -2.02. The second kappa shape index (κ2) is 4.27. The minimum atomic E-state index is 0.340. The lowest BCUT2D eigenvalue weighted by Crippen LogP contribution is -2.09. The average Bonchev–Trinajstić information content (AvgIpc) is 2.04. The van der Waals surface area contributed by atoms with Gasteiger partial charge >= 0.3 is 0 Å². The Kier molecular flexibility index (Phi) is 3.31. The molecule has 1 heterocycles. The first-order valence-electron chi connectivity index (χ1n) is 3.58. The highest BCUT2D eigenvalue weighted by Crippen LogP contribution is 2.13. The van der Waals surface area contributed by atoms with Crippen LogP contribution in [0.4, 0.5) is 5.95 Å². The number of anilines is 1. The first-order valence-corrected chi connectivity index (χ1v) is 4.80. The second-order valence-electron chi connectivity index (χ2n) is 2.29. The molecule has 0 aliphatic rings. The number of thioether (sulfide) groups is 1. The first kappa shape index (κ1) is 9.28. The Balaban J connectivity index is 2.90. The van der Waals surface area contributed by atoms with Crippen LogP contribution in [0.25, 0.3) is 0 Å². The summed E-state index contributed by atoms with van der Waals surface area (Å²) in [5, 5.41) is 3.92. The first-order chi connectivity index (χ1) is 5.76. The van der Waals surface area contributed by atoms with Crippen LogP contribution < -0.4 is 11.1 Å². The Labute approximate surface area is 76.0 Å². The predicted molar refractivity (Wildman–Crippen MR) is 51.0 cm³/mol. The van der Waals surface area contributed by atoms with E-state index in [-0.39, 0.29) is 0 Å². The van der Waals surface area contributed by atoms with E-state index in [9.17, 15) is 0 Å². The Morgan fingerprint density at radius 1 is 1.58 bits per heavy atom. The van der Waals surface area contributed by atoms with E-state index in [4.69, 9.17) is 5.73 Å². The quantitative estimate of drug-likeness (QED) is 0.529. The number of nitrogens with zero attached hydrogens (tertiary/aromatic N) is 2. The summed E-state index contributed by atoms with van der Waals surface area (Å²) in [5.41, 5.74) is 6.43. The zero-order valence-electron chi connectivity index (χ0n) is 7.16. The smallest absolute Gasteiger partial charge is 0.221 e. The molecule has 5 heteroatoms. The van der Waals surface area contributed by atoms with Crippen LogP contribution >= 0.6 is 11.8 Å². The van der Waals surface area contributed by atoms with Gasteiger partial charge in [0.25, 0.3) is 0 Å². The van der Waals surface area contributed by atoms with Crippen LogP contribution in [0.2, 0.25) is 0 Å². The molecule has 4 nitrogen and oxygen atoms in total. The molecule has 1 aromatic heterocycles. The zero-order chi connectivity index (χ0) is 8.97. The fraction of sp³-hybridized carbons (Fsp3) is 0.429. The molecule has 0 saturated heterocycles. The molecule has 1 aromatic rings. The van der Waals surface area contributed by atoms with E-state index in [2.05, 4.69) is 15.3 Å².